The molecule has 2 amide bonds. The van der Waals surface area contributed by atoms with Gasteiger partial charge in [-0.3, -0.25) is 9.59 Å². The van der Waals surface area contributed by atoms with E-state index in [0.717, 1.165) is 31.2 Å². The third-order valence-corrected chi connectivity index (χ3v) is 5.43. The zero-order valence-corrected chi connectivity index (χ0v) is 15.1. The molecule has 4 nitrogen and oxygen atoms in total. The molecule has 0 aromatic heterocycles. The Morgan fingerprint density at radius 2 is 1.88 bits per heavy atom. The summed E-state index contributed by atoms with van der Waals surface area (Å²) in [7, 11) is 0. The number of rotatable bonds is 7. The fraction of sp³-hybridized carbons (Fsp3) is 0.600. The van der Waals surface area contributed by atoms with Gasteiger partial charge >= 0.3 is 0 Å². The molecule has 136 valence electrons. The van der Waals surface area contributed by atoms with Gasteiger partial charge < -0.3 is 9.80 Å². The zero-order chi connectivity index (χ0) is 18.0. The molecular weight excluding hydrogens is 319 g/mol. The lowest BCUT2D eigenvalue weighted by molar-refractivity contribution is -0.137. The van der Waals surface area contributed by atoms with Gasteiger partial charge in [-0.05, 0) is 43.4 Å². The van der Waals surface area contributed by atoms with Crippen LogP contribution in [0.1, 0.15) is 51.5 Å². The van der Waals surface area contributed by atoms with Crippen LogP contribution in [-0.4, -0.2) is 40.2 Å². The van der Waals surface area contributed by atoms with Gasteiger partial charge in [0.05, 0.1) is 5.92 Å². The van der Waals surface area contributed by atoms with Crippen LogP contribution < -0.4 is 0 Å². The maximum Gasteiger partial charge on any atom is 0.228 e. The molecule has 0 spiro atoms. The quantitative estimate of drug-likeness (QED) is 0.760. The highest BCUT2D eigenvalue weighted by Gasteiger charge is 2.42. The van der Waals surface area contributed by atoms with Crippen molar-refractivity contribution in [2.45, 2.75) is 64.6 Å². The topological polar surface area (TPSA) is 40.6 Å². The Morgan fingerprint density at radius 3 is 2.44 bits per heavy atom. The van der Waals surface area contributed by atoms with Gasteiger partial charge in [-0.15, -0.1) is 0 Å². The van der Waals surface area contributed by atoms with Crippen molar-refractivity contribution in [3.05, 3.63) is 35.6 Å². The van der Waals surface area contributed by atoms with Gasteiger partial charge in [0.25, 0.3) is 0 Å². The number of likely N-dealkylation sites (tertiary alicyclic amines) is 1. The number of benzene rings is 1. The number of nitrogens with zero attached hydrogens (tertiary/aromatic N) is 2. The Balaban J connectivity index is 1.69. The summed E-state index contributed by atoms with van der Waals surface area (Å²) >= 11 is 0. The van der Waals surface area contributed by atoms with Crippen molar-refractivity contribution >= 4 is 11.8 Å². The summed E-state index contributed by atoms with van der Waals surface area (Å²) in [6.07, 6.45) is 4.20. The number of carbonyl (C=O) groups excluding carboxylic acids is 2. The summed E-state index contributed by atoms with van der Waals surface area (Å²) in [6, 6.07) is 6.83. The predicted molar refractivity (Wildman–Crippen MR) is 94.2 cm³/mol. The smallest absolute Gasteiger partial charge is 0.228 e. The fourth-order valence-electron chi connectivity index (χ4n) is 3.77. The van der Waals surface area contributed by atoms with Crippen molar-refractivity contribution < 1.29 is 14.0 Å². The Labute approximate surface area is 149 Å². The van der Waals surface area contributed by atoms with Crippen LogP contribution in [0.5, 0.6) is 0 Å². The molecule has 1 aliphatic heterocycles. The van der Waals surface area contributed by atoms with Crippen LogP contribution in [0, 0.1) is 11.7 Å². The summed E-state index contributed by atoms with van der Waals surface area (Å²) in [4.78, 5) is 29.2. The number of amides is 2. The minimum Gasteiger partial charge on any atom is -0.339 e. The predicted octanol–water partition coefficient (Wildman–Crippen LogP) is 3.35. The Bertz CT molecular complexity index is 623. The number of carbonyl (C=O) groups is 2. The van der Waals surface area contributed by atoms with E-state index >= 15 is 0 Å². The minimum atomic E-state index is -0.268. The molecule has 0 N–H and O–H groups in total. The highest BCUT2D eigenvalue weighted by Crippen LogP contribution is 2.32. The Hall–Kier alpha value is -1.91. The third kappa shape index (κ3) is 4.02. The summed E-state index contributed by atoms with van der Waals surface area (Å²) in [5.74, 6) is -0.331. The first kappa shape index (κ1) is 17.9. The molecule has 2 aliphatic rings. The van der Waals surface area contributed by atoms with Crippen LogP contribution >= 0.6 is 0 Å². The molecule has 1 saturated carbocycles. The van der Waals surface area contributed by atoms with Crippen LogP contribution in [0.2, 0.25) is 0 Å². The first-order valence-electron chi connectivity index (χ1n) is 9.37. The summed E-state index contributed by atoms with van der Waals surface area (Å²) in [5.41, 5.74) is 0.933. The average molecular weight is 346 g/mol. The van der Waals surface area contributed by atoms with Crippen molar-refractivity contribution in [3.8, 4) is 0 Å². The van der Waals surface area contributed by atoms with Crippen molar-refractivity contribution in [1.82, 2.24) is 9.80 Å². The van der Waals surface area contributed by atoms with E-state index in [-0.39, 0.29) is 35.6 Å². The molecule has 0 bridgehead atoms. The summed E-state index contributed by atoms with van der Waals surface area (Å²) < 4.78 is 13.1. The molecule has 1 aromatic carbocycles. The van der Waals surface area contributed by atoms with Crippen molar-refractivity contribution in [2.24, 2.45) is 5.92 Å². The third-order valence-electron chi connectivity index (χ3n) is 5.43. The van der Waals surface area contributed by atoms with Crippen molar-refractivity contribution in [3.63, 3.8) is 0 Å². The Morgan fingerprint density at radius 1 is 1.24 bits per heavy atom. The lowest BCUT2D eigenvalue weighted by atomic mass is 10.1. The monoisotopic (exact) mass is 346 g/mol. The Kier molecular flexibility index (Phi) is 5.40. The van der Waals surface area contributed by atoms with Crippen molar-refractivity contribution in [1.29, 1.82) is 0 Å². The molecule has 1 heterocycles. The first-order valence-corrected chi connectivity index (χ1v) is 9.37. The van der Waals surface area contributed by atoms with Crippen molar-refractivity contribution in [2.75, 3.05) is 6.54 Å². The molecule has 1 unspecified atom stereocenters. The van der Waals surface area contributed by atoms with Gasteiger partial charge in [0, 0.05) is 31.6 Å². The normalized spacial score (nSPS) is 20.4. The standard InChI is InChI=1S/C20H27FN2O2/c1-3-17(4-2)22-13-15(11-19(22)24)20(25)23(18-9-10-18)12-14-5-7-16(21)8-6-14/h5-8,15,17-18H,3-4,9-13H2,1-2H3. The zero-order valence-electron chi connectivity index (χ0n) is 15.1. The van der Waals surface area contributed by atoms with Crippen LogP contribution in [-0.2, 0) is 16.1 Å². The SMILES string of the molecule is CCC(CC)N1CC(C(=O)N(Cc2ccc(F)cc2)C2CC2)CC1=O. The number of hydrogen-bond acceptors (Lipinski definition) is 2. The summed E-state index contributed by atoms with van der Waals surface area (Å²) in [6.45, 7) is 5.21. The molecule has 25 heavy (non-hydrogen) atoms. The minimum absolute atomic E-state index is 0.0774. The molecule has 1 aliphatic carbocycles. The molecular formula is C20H27FN2O2. The second-order valence-corrected chi connectivity index (χ2v) is 7.24. The summed E-state index contributed by atoms with van der Waals surface area (Å²) in [5, 5.41) is 0. The van der Waals surface area contributed by atoms with E-state index in [1.165, 1.54) is 12.1 Å². The van der Waals surface area contributed by atoms with E-state index < -0.39 is 0 Å². The molecule has 3 rings (SSSR count). The van der Waals surface area contributed by atoms with Crippen LogP contribution in [0.15, 0.2) is 24.3 Å². The van der Waals surface area contributed by atoms with E-state index in [1.807, 2.05) is 9.80 Å². The fourth-order valence-corrected chi connectivity index (χ4v) is 3.77. The molecule has 5 heteroatoms. The highest BCUT2D eigenvalue weighted by atomic mass is 19.1. The number of halogens is 1. The van der Waals surface area contributed by atoms with E-state index in [9.17, 15) is 14.0 Å². The second-order valence-electron chi connectivity index (χ2n) is 7.24. The molecule has 1 saturated heterocycles. The average Bonchev–Trinajstić information content (AvgIpc) is 3.38. The largest absolute Gasteiger partial charge is 0.339 e. The van der Waals surface area contributed by atoms with Gasteiger partial charge in [0.2, 0.25) is 11.8 Å². The maximum atomic E-state index is 13.1. The van der Waals surface area contributed by atoms with Crippen LogP contribution in [0.4, 0.5) is 4.39 Å². The highest BCUT2D eigenvalue weighted by molar-refractivity contribution is 5.89. The maximum absolute atomic E-state index is 13.1. The van der Waals surface area contributed by atoms with Gasteiger partial charge in [-0.25, -0.2) is 4.39 Å². The van der Waals surface area contributed by atoms with Crippen LogP contribution in [0.25, 0.3) is 0 Å². The molecule has 1 atom stereocenters. The molecule has 2 fully saturated rings. The second kappa shape index (κ2) is 7.54. The van der Waals surface area contributed by atoms with Gasteiger partial charge in [0.15, 0.2) is 0 Å². The van der Waals surface area contributed by atoms with E-state index in [4.69, 9.17) is 0 Å². The van der Waals surface area contributed by atoms with Crippen LogP contribution in [0.3, 0.4) is 0 Å². The lowest BCUT2D eigenvalue weighted by Crippen LogP contribution is -2.40. The lowest BCUT2D eigenvalue weighted by Gasteiger charge is -2.28. The van der Waals surface area contributed by atoms with E-state index in [2.05, 4.69) is 13.8 Å². The van der Waals surface area contributed by atoms with Gasteiger partial charge in [0.1, 0.15) is 5.82 Å². The van der Waals surface area contributed by atoms with E-state index in [1.54, 1.807) is 12.1 Å². The van der Waals surface area contributed by atoms with Gasteiger partial charge in [-0.1, -0.05) is 26.0 Å². The molecule has 0 radical (unpaired) electrons. The molecule has 1 aromatic rings. The van der Waals surface area contributed by atoms with E-state index in [0.29, 0.717) is 19.5 Å². The van der Waals surface area contributed by atoms with Gasteiger partial charge in [-0.2, -0.15) is 0 Å². The first-order chi connectivity index (χ1) is 12.0. The number of hydrogen-bond donors (Lipinski definition) is 0.